The molecule has 2 rings (SSSR count). The summed E-state index contributed by atoms with van der Waals surface area (Å²) < 4.78 is 18.5. The van der Waals surface area contributed by atoms with E-state index in [2.05, 4.69) is 24.0 Å². The normalized spacial score (nSPS) is 11.2. The van der Waals surface area contributed by atoms with Gasteiger partial charge in [-0.05, 0) is 29.9 Å². The van der Waals surface area contributed by atoms with Gasteiger partial charge in [-0.2, -0.15) is 16.7 Å². The fraction of sp³-hybridized carbons (Fsp3) is 0.385. The van der Waals surface area contributed by atoms with E-state index in [4.69, 9.17) is 10.3 Å². The van der Waals surface area contributed by atoms with Crippen LogP contribution in [0.3, 0.4) is 0 Å². The molecule has 0 amide bonds. The summed E-state index contributed by atoms with van der Waals surface area (Å²) in [4.78, 5) is 4.24. The highest BCUT2D eigenvalue weighted by Gasteiger charge is 2.11. The maximum atomic E-state index is 13.3. The van der Waals surface area contributed by atoms with E-state index in [0.29, 0.717) is 28.9 Å². The molecule has 0 fully saturated rings. The number of rotatable bonds is 5. The fourth-order valence-corrected chi connectivity index (χ4v) is 2.37. The quantitative estimate of drug-likeness (QED) is 0.851. The third-order valence-electron chi connectivity index (χ3n) is 2.40. The smallest absolute Gasteiger partial charge is 0.258 e. The Hall–Kier alpha value is -1.56. The van der Waals surface area contributed by atoms with Crippen LogP contribution < -0.4 is 5.73 Å². The number of thioether (sulfide) groups is 1. The Balaban J connectivity index is 2.05. The summed E-state index contributed by atoms with van der Waals surface area (Å²) in [5.74, 6) is 2.82. The Morgan fingerprint density at radius 3 is 2.89 bits per heavy atom. The van der Waals surface area contributed by atoms with Gasteiger partial charge in [-0.25, -0.2) is 4.39 Å². The van der Waals surface area contributed by atoms with Gasteiger partial charge in [0.15, 0.2) is 5.82 Å². The summed E-state index contributed by atoms with van der Waals surface area (Å²) in [6.07, 6.45) is 0. The van der Waals surface area contributed by atoms with Crippen molar-refractivity contribution in [1.29, 1.82) is 0 Å². The van der Waals surface area contributed by atoms with Gasteiger partial charge in [0.1, 0.15) is 5.82 Å². The summed E-state index contributed by atoms with van der Waals surface area (Å²) in [6.45, 7) is 4.32. The summed E-state index contributed by atoms with van der Waals surface area (Å²) in [7, 11) is 0. The van der Waals surface area contributed by atoms with Crippen molar-refractivity contribution in [2.24, 2.45) is 5.92 Å². The summed E-state index contributed by atoms with van der Waals surface area (Å²) in [5, 5.41) is 3.88. The van der Waals surface area contributed by atoms with Crippen molar-refractivity contribution < 1.29 is 8.91 Å². The lowest BCUT2D eigenvalue weighted by Crippen LogP contribution is -1.93. The molecule has 0 unspecified atom stereocenters. The van der Waals surface area contributed by atoms with Gasteiger partial charge in [-0.3, -0.25) is 0 Å². The Labute approximate surface area is 115 Å². The van der Waals surface area contributed by atoms with Gasteiger partial charge in [-0.15, -0.1) is 0 Å². The zero-order valence-electron chi connectivity index (χ0n) is 10.9. The number of hydrogen-bond donors (Lipinski definition) is 1. The van der Waals surface area contributed by atoms with Crippen LogP contribution in [-0.4, -0.2) is 15.9 Å². The van der Waals surface area contributed by atoms with E-state index < -0.39 is 5.82 Å². The average molecular weight is 281 g/mol. The Morgan fingerprint density at radius 2 is 2.21 bits per heavy atom. The van der Waals surface area contributed by atoms with Crippen molar-refractivity contribution in [2.75, 3.05) is 11.5 Å². The Kier molecular flexibility index (Phi) is 4.42. The second-order valence-electron chi connectivity index (χ2n) is 4.66. The molecule has 0 bridgehead atoms. The molecular weight excluding hydrogens is 265 g/mol. The number of benzene rings is 1. The van der Waals surface area contributed by atoms with Crippen molar-refractivity contribution in [3.63, 3.8) is 0 Å². The molecule has 0 aliphatic rings. The van der Waals surface area contributed by atoms with E-state index >= 15 is 0 Å². The van der Waals surface area contributed by atoms with E-state index in [-0.39, 0.29) is 5.69 Å². The number of hydrogen-bond acceptors (Lipinski definition) is 5. The van der Waals surface area contributed by atoms with Crippen LogP contribution in [0.1, 0.15) is 19.7 Å². The first-order valence-corrected chi connectivity index (χ1v) is 7.17. The number of anilines is 1. The predicted molar refractivity (Wildman–Crippen MR) is 75.1 cm³/mol. The molecule has 6 heteroatoms. The van der Waals surface area contributed by atoms with Crippen LogP contribution in [0.5, 0.6) is 0 Å². The lowest BCUT2D eigenvalue weighted by Gasteiger charge is -2.00. The van der Waals surface area contributed by atoms with E-state index in [1.54, 1.807) is 17.8 Å². The molecule has 0 aliphatic carbocycles. The molecule has 1 aromatic heterocycles. The molecule has 0 atom stereocenters. The van der Waals surface area contributed by atoms with Gasteiger partial charge in [0.05, 0.1) is 11.4 Å². The highest BCUT2D eigenvalue weighted by Crippen LogP contribution is 2.22. The van der Waals surface area contributed by atoms with Gasteiger partial charge in [0.25, 0.3) is 5.89 Å². The van der Waals surface area contributed by atoms with Gasteiger partial charge >= 0.3 is 0 Å². The number of halogens is 1. The van der Waals surface area contributed by atoms with E-state index in [0.717, 1.165) is 5.75 Å². The van der Waals surface area contributed by atoms with Crippen molar-refractivity contribution >= 4 is 17.4 Å². The minimum atomic E-state index is -0.480. The molecule has 0 spiro atoms. The second kappa shape index (κ2) is 6.06. The first kappa shape index (κ1) is 13.9. The first-order valence-electron chi connectivity index (χ1n) is 6.02. The molecule has 2 aromatic rings. The lowest BCUT2D eigenvalue weighted by atomic mass is 10.2. The maximum absolute atomic E-state index is 13.3. The predicted octanol–water partition coefficient (Wildman–Crippen LogP) is 3.35. The zero-order chi connectivity index (χ0) is 13.8. The van der Waals surface area contributed by atoms with Crippen LogP contribution in [0.2, 0.25) is 0 Å². The molecule has 0 saturated carbocycles. The number of nitrogens with zero attached hydrogens (tertiary/aromatic N) is 2. The summed E-state index contributed by atoms with van der Waals surface area (Å²) in [6, 6.07) is 4.45. The van der Waals surface area contributed by atoms with Crippen molar-refractivity contribution in [3.05, 3.63) is 29.8 Å². The first-order chi connectivity index (χ1) is 9.06. The van der Waals surface area contributed by atoms with Gasteiger partial charge in [0, 0.05) is 5.56 Å². The summed E-state index contributed by atoms with van der Waals surface area (Å²) >= 11 is 1.75. The molecule has 0 radical (unpaired) electrons. The van der Waals surface area contributed by atoms with Crippen molar-refractivity contribution in [2.45, 2.75) is 19.6 Å². The van der Waals surface area contributed by atoms with Gasteiger partial charge < -0.3 is 10.3 Å². The van der Waals surface area contributed by atoms with Crippen LogP contribution in [0.4, 0.5) is 10.1 Å². The van der Waals surface area contributed by atoms with Gasteiger partial charge in [-0.1, -0.05) is 19.0 Å². The van der Waals surface area contributed by atoms with E-state index in [1.165, 1.54) is 12.1 Å². The molecule has 102 valence electrons. The Morgan fingerprint density at radius 1 is 1.42 bits per heavy atom. The number of nitrogens with two attached hydrogens (primary N) is 1. The second-order valence-corrected chi connectivity index (χ2v) is 5.69. The van der Waals surface area contributed by atoms with Crippen LogP contribution in [-0.2, 0) is 5.75 Å². The zero-order valence-corrected chi connectivity index (χ0v) is 11.7. The lowest BCUT2D eigenvalue weighted by molar-refractivity contribution is 0.425. The van der Waals surface area contributed by atoms with Crippen LogP contribution >= 0.6 is 11.8 Å². The highest BCUT2D eigenvalue weighted by molar-refractivity contribution is 7.98. The molecule has 0 aliphatic heterocycles. The van der Waals surface area contributed by atoms with Crippen molar-refractivity contribution in [3.8, 4) is 11.5 Å². The van der Waals surface area contributed by atoms with E-state index in [9.17, 15) is 4.39 Å². The Bertz CT molecular complexity index is 557. The minimum Gasteiger partial charge on any atom is -0.396 e. The monoisotopic (exact) mass is 281 g/mol. The van der Waals surface area contributed by atoms with Crippen LogP contribution in [0, 0.1) is 11.7 Å². The maximum Gasteiger partial charge on any atom is 0.258 e. The molecule has 1 heterocycles. The molecule has 1 aromatic carbocycles. The fourth-order valence-electron chi connectivity index (χ4n) is 1.48. The SMILES string of the molecule is CC(C)CSCc1noc(-c2ccc(N)c(F)c2)n1. The third-order valence-corrected chi connectivity index (χ3v) is 3.76. The largest absolute Gasteiger partial charge is 0.396 e. The molecular formula is C13H16FN3OS. The summed E-state index contributed by atoms with van der Waals surface area (Å²) in [5.41, 5.74) is 6.07. The third kappa shape index (κ3) is 3.70. The minimum absolute atomic E-state index is 0.107. The standard InChI is InChI=1S/C13H16FN3OS/c1-8(2)6-19-7-12-16-13(18-17-12)9-3-4-11(15)10(14)5-9/h3-5,8H,6-7,15H2,1-2H3. The molecule has 2 N–H and O–H groups in total. The average Bonchev–Trinajstić information content (AvgIpc) is 2.81. The molecule has 4 nitrogen and oxygen atoms in total. The van der Waals surface area contributed by atoms with Gasteiger partial charge in [0.2, 0.25) is 0 Å². The molecule has 19 heavy (non-hydrogen) atoms. The topological polar surface area (TPSA) is 64.9 Å². The van der Waals surface area contributed by atoms with Crippen LogP contribution in [0.15, 0.2) is 22.7 Å². The molecule has 0 saturated heterocycles. The number of nitrogen functional groups attached to an aromatic ring is 1. The van der Waals surface area contributed by atoms with Crippen molar-refractivity contribution in [1.82, 2.24) is 10.1 Å². The van der Waals surface area contributed by atoms with Crippen LogP contribution in [0.25, 0.3) is 11.5 Å². The highest BCUT2D eigenvalue weighted by atomic mass is 32.2. The van der Waals surface area contributed by atoms with E-state index in [1.807, 2.05) is 0 Å². The number of aromatic nitrogens is 2.